The van der Waals surface area contributed by atoms with Gasteiger partial charge >= 0.3 is 5.97 Å². The maximum absolute atomic E-state index is 11.1. The molecule has 0 aliphatic heterocycles. The number of carbonyl (C=O) groups is 1. The SMILES string of the molecule is COC(=O)C[C@H](N)/C=C(\OC)S(C)(=O)=O.Cc1ccc(S(=O)(=O)[O-])cc1. The first-order chi connectivity index (χ1) is 11.8. The smallest absolute Gasteiger partial charge is 0.307 e. The van der Waals surface area contributed by atoms with Gasteiger partial charge in [-0.05, 0) is 25.1 Å². The van der Waals surface area contributed by atoms with Crippen molar-refractivity contribution in [3.8, 4) is 0 Å². The van der Waals surface area contributed by atoms with E-state index in [1.807, 2.05) is 6.92 Å². The van der Waals surface area contributed by atoms with Gasteiger partial charge in [0.05, 0.1) is 25.5 Å². The highest BCUT2D eigenvalue weighted by Gasteiger charge is 2.15. The van der Waals surface area contributed by atoms with E-state index in [-0.39, 0.29) is 16.4 Å². The lowest BCUT2D eigenvalue weighted by atomic mass is 10.2. The molecule has 0 aliphatic carbocycles. The molecule has 26 heavy (non-hydrogen) atoms. The van der Waals surface area contributed by atoms with Crippen LogP contribution in [0.1, 0.15) is 12.0 Å². The number of aryl methyl sites for hydroxylation is 1. The van der Waals surface area contributed by atoms with Crippen molar-refractivity contribution in [1.29, 1.82) is 0 Å². The standard InChI is InChI=1S/C8H15NO5S.C7H8O3S/c1-13-7(10)4-6(9)5-8(14-2)15(3,11)12;1-6-2-4-7(5-3-6)11(8,9)10/h5-6H,4,9H2,1-3H3;2-5H,1H3,(H,8,9,10)/p-1/b8-5+;/t6-;/m0./s1. The van der Waals surface area contributed by atoms with Crippen molar-refractivity contribution in [2.75, 3.05) is 20.5 Å². The second-order valence-electron chi connectivity index (χ2n) is 5.17. The molecule has 0 fully saturated rings. The maximum Gasteiger partial charge on any atom is 0.307 e. The maximum atomic E-state index is 11.1. The molecular weight excluding hydrogens is 386 g/mol. The molecule has 0 aromatic heterocycles. The quantitative estimate of drug-likeness (QED) is 0.398. The topological polar surface area (TPSA) is 153 Å². The van der Waals surface area contributed by atoms with Crippen LogP contribution >= 0.6 is 0 Å². The molecule has 0 unspecified atom stereocenters. The zero-order chi connectivity index (χ0) is 20.5. The summed E-state index contributed by atoms with van der Waals surface area (Å²) in [7, 11) is -5.27. The molecule has 0 radical (unpaired) electrons. The molecule has 9 nitrogen and oxygen atoms in total. The molecule has 148 valence electrons. The van der Waals surface area contributed by atoms with E-state index in [0.717, 1.165) is 11.8 Å². The molecule has 1 rings (SSSR count). The third kappa shape index (κ3) is 9.51. The molecule has 1 aromatic rings. The minimum Gasteiger partial charge on any atom is -0.744 e. The average molecular weight is 408 g/mol. The summed E-state index contributed by atoms with van der Waals surface area (Å²) in [5, 5.41) is -0.251. The van der Waals surface area contributed by atoms with Gasteiger partial charge in [-0.2, -0.15) is 0 Å². The molecule has 0 amide bonds. The minimum absolute atomic E-state index is 0.0983. The van der Waals surface area contributed by atoms with Crippen molar-refractivity contribution in [2.24, 2.45) is 5.73 Å². The third-order valence-electron chi connectivity index (χ3n) is 2.86. The zero-order valence-corrected chi connectivity index (χ0v) is 16.5. The van der Waals surface area contributed by atoms with Gasteiger partial charge in [0.1, 0.15) is 10.1 Å². The Hall–Kier alpha value is -1.95. The fourth-order valence-corrected chi connectivity index (χ4v) is 2.75. The highest BCUT2D eigenvalue weighted by atomic mass is 32.2. The lowest BCUT2D eigenvalue weighted by Gasteiger charge is -2.08. The predicted octanol–water partition coefficient (Wildman–Crippen LogP) is 0.308. The van der Waals surface area contributed by atoms with Crippen molar-refractivity contribution in [3.05, 3.63) is 41.0 Å². The molecule has 1 atom stereocenters. The number of hydrogen-bond donors (Lipinski definition) is 1. The summed E-state index contributed by atoms with van der Waals surface area (Å²) >= 11 is 0. The largest absolute Gasteiger partial charge is 0.744 e. The van der Waals surface area contributed by atoms with Crippen LogP contribution in [0.2, 0.25) is 0 Å². The van der Waals surface area contributed by atoms with Crippen LogP contribution in [0.3, 0.4) is 0 Å². The number of carbonyl (C=O) groups excluding carboxylic acids is 1. The van der Waals surface area contributed by atoms with Crippen LogP contribution in [-0.4, -0.2) is 53.9 Å². The van der Waals surface area contributed by atoms with Crippen molar-refractivity contribution in [3.63, 3.8) is 0 Å². The number of hydrogen-bond acceptors (Lipinski definition) is 9. The van der Waals surface area contributed by atoms with Gasteiger partial charge in [-0.3, -0.25) is 4.79 Å². The fraction of sp³-hybridized carbons (Fsp3) is 0.400. The number of sulfone groups is 1. The van der Waals surface area contributed by atoms with Crippen molar-refractivity contribution < 1.29 is 35.7 Å². The average Bonchev–Trinajstić information content (AvgIpc) is 2.51. The summed E-state index contributed by atoms with van der Waals surface area (Å²) < 4.78 is 62.4. The first kappa shape index (κ1) is 24.1. The Morgan fingerprint density at radius 1 is 1.15 bits per heavy atom. The Labute approximate surface area is 153 Å². The van der Waals surface area contributed by atoms with Gasteiger partial charge in [0, 0.05) is 12.3 Å². The van der Waals surface area contributed by atoms with Gasteiger partial charge < -0.3 is 19.8 Å². The molecule has 0 spiro atoms. The molecule has 11 heteroatoms. The van der Waals surface area contributed by atoms with E-state index >= 15 is 0 Å². The van der Waals surface area contributed by atoms with E-state index in [0.29, 0.717) is 0 Å². The minimum atomic E-state index is -4.27. The number of ether oxygens (including phenoxy) is 2. The summed E-state index contributed by atoms with van der Waals surface area (Å²) in [5.74, 6) is -0.511. The second-order valence-corrected chi connectivity index (χ2v) is 8.50. The van der Waals surface area contributed by atoms with E-state index in [9.17, 15) is 26.2 Å². The number of esters is 1. The molecule has 2 N–H and O–H groups in total. The van der Waals surface area contributed by atoms with Crippen LogP contribution in [0.25, 0.3) is 0 Å². The van der Waals surface area contributed by atoms with E-state index in [1.54, 1.807) is 12.1 Å². The predicted molar refractivity (Wildman–Crippen MR) is 93.7 cm³/mol. The lowest BCUT2D eigenvalue weighted by molar-refractivity contribution is -0.140. The van der Waals surface area contributed by atoms with Gasteiger partial charge in [-0.1, -0.05) is 17.7 Å². The van der Waals surface area contributed by atoms with E-state index in [1.165, 1.54) is 32.4 Å². The number of benzene rings is 1. The lowest BCUT2D eigenvalue weighted by Crippen LogP contribution is -2.23. The van der Waals surface area contributed by atoms with Gasteiger partial charge in [0.25, 0.3) is 0 Å². The van der Waals surface area contributed by atoms with Gasteiger partial charge in [-0.25, -0.2) is 16.8 Å². The van der Waals surface area contributed by atoms with E-state index in [4.69, 9.17) is 5.73 Å². The Balaban J connectivity index is 0.000000502. The highest BCUT2D eigenvalue weighted by molar-refractivity contribution is 7.94. The molecule has 0 aliphatic rings. The fourth-order valence-electron chi connectivity index (χ4n) is 1.56. The third-order valence-corrected chi connectivity index (χ3v) is 4.74. The van der Waals surface area contributed by atoms with Crippen molar-refractivity contribution in [1.82, 2.24) is 0 Å². The molecule has 1 aromatic carbocycles. The van der Waals surface area contributed by atoms with Gasteiger partial charge in [0.15, 0.2) is 0 Å². The van der Waals surface area contributed by atoms with Gasteiger partial charge in [-0.15, -0.1) is 0 Å². The summed E-state index contributed by atoms with van der Waals surface area (Å²) in [5.41, 5.74) is 6.43. The van der Waals surface area contributed by atoms with Crippen LogP contribution in [0.5, 0.6) is 0 Å². The van der Waals surface area contributed by atoms with Crippen LogP contribution in [0.4, 0.5) is 0 Å². The van der Waals surface area contributed by atoms with Crippen molar-refractivity contribution >= 4 is 25.9 Å². The summed E-state index contributed by atoms with van der Waals surface area (Å²) in [6.07, 6.45) is 2.07. The Bertz CT molecular complexity index is 827. The summed E-state index contributed by atoms with van der Waals surface area (Å²) in [6, 6.07) is 5.03. The molecule has 0 saturated carbocycles. The van der Waals surface area contributed by atoms with Gasteiger partial charge in [0.2, 0.25) is 14.9 Å². The Morgan fingerprint density at radius 2 is 1.65 bits per heavy atom. The van der Waals surface area contributed by atoms with Crippen LogP contribution in [0.15, 0.2) is 40.3 Å². The number of methoxy groups -OCH3 is 2. The number of rotatable bonds is 6. The molecular formula is C15H22NO8S2-. The van der Waals surface area contributed by atoms with Crippen LogP contribution < -0.4 is 5.73 Å². The van der Waals surface area contributed by atoms with Crippen LogP contribution in [0, 0.1) is 6.92 Å². The first-order valence-electron chi connectivity index (χ1n) is 7.12. The second kappa shape index (κ2) is 10.3. The monoisotopic (exact) mass is 408 g/mol. The number of nitrogens with two attached hydrogens (primary N) is 1. The summed E-state index contributed by atoms with van der Waals surface area (Å²) in [4.78, 5) is 10.6. The molecule has 0 bridgehead atoms. The zero-order valence-electron chi connectivity index (χ0n) is 14.8. The highest BCUT2D eigenvalue weighted by Crippen LogP contribution is 2.08. The Morgan fingerprint density at radius 3 is 2.00 bits per heavy atom. The van der Waals surface area contributed by atoms with E-state index < -0.39 is 32.0 Å². The van der Waals surface area contributed by atoms with Crippen LogP contribution in [-0.2, 0) is 34.2 Å². The molecule has 0 heterocycles. The Kier molecular flexibility index (Phi) is 9.49. The van der Waals surface area contributed by atoms with Crippen molar-refractivity contribution in [2.45, 2.75) is 24.3 Å². The first-order valence-corrected chi connectivity index (χ1v) is 10.4. The molecule has 0 saturated heterocycles. The van der Waals surface area contributed by atoms with E-state index in [2.05, 4.69) is 9.47 Å². The summed E-state index contributed by atoms with van der Waals surface area (Å²) in [6.45, 7) is 1.82. The normalized spacial score (nSPS) is 13.2.